The first-order valence-corrected chi connectivity index (χ1v) is 9.01. The molecule has 6 nitrogen and oxygen atoms in total. The monoisotopic (exact) mass is 357 g/mol. The summed E-state index contributed by atoms with van der Waals surface area (Å²) >= 11 is 0. The summed E-state index contributed by atoms with van der Waals surface area (Å²) in [4.78, 5) is 26.7. The third kappa shape index (κ3) is 5.72. The second-order valence-corrected chi connectivity index (χ2v) is 6.52. The summed E-state index contributed by atoms with van der Waals surface area (Å²) < 4.78 is 5.08. The fourth-order valence-corrected chi connectivity index (χ4v) is 2.62. The summed E-state index contributed by atoms with van der Waals surface area (Å²) in [5.74, 6) is -1.71. The number of hydrazone groups is 1. The molecule has 0 aromatic heterocycles. The number of hydrogen-bond acceptors (Lipinski definition) is 5. The largest absolute Gasteiger partial charge is 0.465 e. The van der Waals surface area contributed by atoms with E-state index in [4.69, 9.17) is 4.74 Å². The highest BCUT2D eigenvalue weighted by molar-refractivity contribution is 6.01. The molecule has 140 valence electrons. The highest BCUT2D eigenvalue weighted by Crippen LogP contribution is 2.11. The van der Waals surface area contributed by atoms with Crippen molar-refractivity contribution in [2.24, 2.45) is 16.9 Å². The summed E-state index contributed by atoms with van der Waals surface area (Å²) in [6, 6.07) is 10.1. The normalized spacial score (nSPS) is 21.1. The molecule has 0 saturated carbocycles. The SMILES string of the molecule is CCOC(=O)C1CN(CCc2ccccc2)/C=C/C(C(C)C)=N\NC1=O. The summed E-state index contributed by atoms with van der Waals surface area (Å²) in [6.45, 7) is 6.93. The van der Waals surface area contributed by atoms with Gasteiger partial charge in [0.25, 0.3) is 5.91 Å². The van der Waals surface area contributed by atoms with Gasteiger partial charge in [-0.3, -0.25) is 9.59 Å². The number of amides is 1. The Morgan fingerprint density at radius 3 is 2.73 bits per heavy atom. The van der Waals surface area contributed by atoms with E-state index in [2.05, 4.69) is 22.7 Å². The second kappa shape index (κ2) is 9.75. The number of esters is 1. The molecule has 1 N–H and O–H groups in total. The van der Waals surface area contributed by atoms with Crippen molar-refractivity contribution in [1.29, 1.82) is 0 Å². The predicted octanol–water partition coefficient (Wildman–Crippen LogP) is 2.37. The van der Waals surface area contributed by atoms with Crippen molar-refractivity contribution in [3.05, 3.63) is 48.2 Å². The zero-order valence-corrected chi connectivity index (χ0v) is 15.6. The quantitative estimate of drug-likeness (QED) is 0.627. The van der Waals surface area contributed by atoms with E-state index in [1.807, 2.05) is 49.2 Å². The lowest BCUT2D eigenvalue weighted by molar-refractivity contribution is -0.152. The smallest absolute Gasteiger partial charge is 0.320 e. The van der Waals surface area contributed by atoms with E-state index in [9.17, 15) is 9.59 Å². The molecule has 1 aromatic rings. The zero-order chi connectivity index (χ0) is 18.9. The lowest BCUT2D eigenvalue weighted by Gasteiger charge is -2.24. The first kappa shape index (κ1) is 19.7. The Morgan fingerprint density at radius 1 is 1.35 bits per heavy atom. The molecule has 1 atom stereocenters. The summed E-state index contributed by atoms with van der Waals surface area (Å²) in [7, 11) is 0. The van der Waals surface area contributed by atoms with Crippen LogP contribution in [0, 0.1) is 11.8 Å². The van der Waals surface area contributed by atoms with Crippen LogP contribution in [-0.2, 0) is 20.7 Å². The minimum absolute atomic E-state index is 0.154. The molecule has 0 saturated heterocycles. The third-order valence-electron chi connectivity index (χ3n) is 4.18. The van der Waals surface area contributed by atoms with Gasteiger partial charge in [0.15, 0.2) is 5.92 Å². The Morgan fingerprint density at radius 2 is 2.08 bits per heavy atom. The average molecular weight is 357 g/mol. The van der Waals surface area contributed by atoms with E-state index < -0.39 is 17.8 Å². The van der Waals surface area contributed by atoms with E-state index in [1.54, 1.807) is 6.92 Å². The molecule has 1 heterocycles. The van der Waals surface area contributed by atoms with Gasteiger partial charge < -0.3 is 9.64 Å². The second-order valence-electron chi connectivity index (χ2n) is 6.52. The van der Waals surface area contributed by atoms with Crippen LogP contribution in [0.1, 0.15) is 26.3 Å². The standard InChI is InChI=1S/C20H27N3O3/c1-4-26-20(25)17-14-23(12-10-16-8-6-5-7-9-16)13-11-18(15(2)3)21-22-19(17)24/h5-9,11,13,15,17H,4,10,12,14H2,1-3H3,(H,22,24)/b13-11+,21-18+. The molecular formula is C20H27N3O3. The Kier molecular flexibility index (Phi) is 7.38. The number of carbonyl (C=O) groups is 2. The number of carbonyl (C=O) groups excluding carboxylic acids is 2. The van der Waals surface area contributed by atoms with Crippen LogP contribution in [0.25, 0.3) is 0 Å². The van der Waals surface area contributed by atoms with Crippen LogP contribution in [0.4, 0.5) is 0 Å². The molecule has 0 aliphatic carbocycles. The molecule has 0 radical (unpaired) electrons. The Bertz CT molecular complexity index is 668. The summed E-state index contributed by atoms with van der Waals surface area (Å²) in [6.07, 6.45) is 4.62. The number of allylic oxidation sites excluding steroid dienone is 1. The number of nitrogens with zero attached hydrogens (tertiary/aromatic N) is 2. The minimum Gasteiger partial charge on any atom is -0.465 e. The first-order chi connectivity index (χ1) is 12.5. The lowest BCUT2D eigenvalue weighted by Crippen LogP contribution is -2.41. The van der Waals surface area contributed by atoms with Crippen LogP contribution >= 0.6 is 0 Å². The van der Waals surface area contributed by atoms with Gasteiger partial charge in [-0.2, -0.15) is 5.10 Å². The number of nitrogens with one attached hydrogen (secondary N) is 1. The highest BCUT2D eigenvalue weighted by Gasteiger charge is 2.30. The van der Waals surface area contributed by atoms with Crippen molar-refractivity contribution in [2.45, 2.75) is 27.2 Å². The topological polar surface area (TPSA) is 71.0 Å². The summed E-state index contributed by atoms with van der Waals surface area (Å²) in [5, 5.41) is 4.17. The fourth-order valence-electron chi connectivity index (χ4n) is 2.62. The maximum Gasteiger partial charge on any atom is 0.320 e. The van der Waals surface area contributed by atoms with E-state index in [0.717, 1.165) is 12.1 Å². The third-order valence-corrected chi connectivity index (χ3v) is 4.18. The maximum atomic E-state index is 12.5. The van der Waals surface area contributed by atoms with Gasteiger partial charge in [0.05, 0.1) is 12.3 Å². The van der Waals surface area contributed by atoms with Crippen LogP contribution in [-0.4, -0.2) is 42.2 Å². The molecule has 1 unspecified atom stereocenters. The average Bonchev–Trinajstić information content (AvgIpc) is 2.70. The highest BCUT2D eigenvalue weighted by atomic mass is 16.5. The van der Waals surface area contributed by atoms with Gasteiger partial charge in [-0.15, -0.1) is 0 Å². The van der Waals surface area contributed by atoms with Crippen LogP contribution in [0.15, 0.2) is 47.7 Å². The van der Waals surface area contributed by atoms with E-state index in [1.165, 1.54) is 5.56 Å². The number of hydrogen-bond donors (Lipinski definition) is 1. The van der Waals surface area contributed by atoms with E-state index >= 15 is 0 Å². The van der Waals surface area contributed by atoms with Crippen LogP contribution in [0.2, 0.25) is 0 Å². The molecule has 1 amide bonds. The Labute approximate surface area is 154 Å². The van der Waals surface area contributed by atoms with Gasteiger partial charge in [-0.25, -0.2) is 5.43 Å². The molecule has 0 spiro atoms. The minimum atomic E-state index is -0.911. The van der Waals surface area contributed by atoms with Crippen molar-refractivity contribution >= 4 is 17.6 Å². The molecule has 1 aliphatic heterocycles. The van der Waals surface area contributed by atoms with Crippen molar-refractivity contribution in [2.75, 3.05) is 19.7 Å². The molecule has 0 bridgehead atoms. The van der Waals surface area contributed by atoms with Crippen molar-refractivity contribution in [1.82, 2.24) is 10.3 Å². The van der Waals surface area contributed by atoms with Gasteiger partial charge >= 0.3 is 5.97 Å². The molecule has 1 aliphatic rings. The molecule has 26 heavy (non-hydrogen) atoms. The lowest BCUT2D eigenvalue weighted by atomic mass is 10.1. The molecule has 0 fully saturated rings. The van der Waals surface area contributed by atoms with Crippen molar-refractivity contribution < 1.29 is 14.3 Å². The van der Waals surface area contributed by atoms with Crippen molar-refractivity contribution in [3.8, 4) is 0 Å². The molecule has 6 heteroatoms. The number of rotatable bonds is 6. The van der Waals surface area contributed by atoms with Crippen LogP contribution in [0.5, 0.6) is 0 Å². The Balaban J connectivity index is 2.19. The van der Waals surface area contributed by atoms with Gasteiger partial charge in [-0.1, -0.05) is 44.2 Å². The first-order valence-electron chi connectivity index (χ1n) is 9.01. The Hall–Kier alpha value is -2.63. The summed E-state index contributed by atoms with van der Waals surface area (Å²) in [5.41, 5.74) is 4.47. The van der Waals surface area contributed by atoms with Gasteiger partial charge in [0.2, 0.25) is 0 Å². The van der Waals surface area contributed by atoms with Crippen LogP contribution in [0.3, 0.4) is 0 Å². The van der Waals surface area contributed by atoms with Crippen LogP contribution < -0.4 is 5.43 Å². The fraction of sp³-hybridized carbons (Fsp3) is 0.450. The van der Waals surface area contributed by atoms with Gasteiger partial charge in [0, 0.05) is 19.3 Å². The maximum absolute atomic E-state index is 12.5. The molecule has 1 aromatic carbocycles. The van der Waals surface area contributed by atoms with E-state index in [-0.39, 0.29) is 19.1 Å². The number of benzene rings is 1. The molecular weight excluding hydrogens is 330 g/mol. The molecule has 2 rings (SSSR count). The van der Waals surface area contributed by atoms with Gasteiger partial charge in [-0.05, 0) is 30.9 Å². The predicted molar refractivity (Wildman–Crippen MR) is 101 cm³/mol. The van der Waals surface area contributed by atoms with Crippen molar-refractivity contribution in [3.63, 3.8) is 0 Å². The van der Waals surface area contributed by atoms with E-state index in [0.29, 0.717) is 6.54 Å². The number of ether oxygens (including phenoxy) is 1. The van der Waals surface area contributed by atoms with Gasteiger partial charge in [0.1, 0.15) is 0 Å². The zero-order valence-electron chi connectivity index (χ0n) is 15.6.